The Labute approximate surface area is 156 Å². The molecule has 1 aromatic carbocycles. The van der Waals surface area contributed by atoms with Gasteiger partial charge in [-0.05, 0) is 31.0 Å². The highest BCUT2D eigenvalue weighted by Crippen LogP contribution is 2.25. The predicted octanol–water partition coefficient (Wildman–Crippen LogP) is 4.33. The van der Waals surface area contributed by atoms with Gasteiger partial charge in [-0.25, -0.2) is 9.37 Å². The molecule has 138 valence electrons. The van der Waals surface area contributed by atoms with Crippen molar-refractivity contribution in [3.63, 3.8) is 0 Å². The van der Waals surface area contributed by atoms with Crippen molar-refractivity contribution in [2.24, 2.45) is 4.99 Å². The minimum atomic E-state index is -0.261. The molecule has 0 atom stereocenters. The number of hydrogen-bond donors (Lipinski definition) is 2. The first kappa shape index (κ1) is 18.4. The van der Waals surface area contributed by atoms with Gasteiger partial charge in [-0.15, -0.1) is 11.3 Å². The molecule has 2 heterocycles. The van der Waals surface area contributed by atoms with Gasteiger partial charge in [-0.1, -0.05) is 13.8 Å². The van der Waals surface area contributed by atoms with Gasteiger partial charge in [-0.2, -0.15) is 0 Å². The number of aryl methyl sites for hydroxylation is 1. The topological polar surface area (TPSA) is 62.5 Å². The van der Waals surface area contributed by atoms with Crippen molar-refractivity contribution >= 4 is 28.3 Å². The van der Waals surface area contributed by atoms with Crippen LogP contribution in [0.2, 0.25) is 0 Å². The lowest BCUT2D eigenvalue weighted by atomic mass is 10.1. The zero-order valence-corrected chi connectivity index (χ0v) is 16.2. The molecule has 3 aromatic rings. The van der Waals surface area contributed by atoms with Gasteiger partial charge in [0.05, 0.1) is 18.8 Å². The normalized spacial score (nSPS) is 12.2. The molecule has 0 aliphatic rings. The molecule has 0 bridgehead atoms. The minimum Gasteiger partial charge on any atom is -0.459 e. The fraction of sp³-hybridized carbons (Fsp3) is 0.368. The van der Waals surface area contributed by atoms with Crippen LogP contribution in [0.25, 0.3) is 11.0 Å². The summed E-state index contributed by atoms with van der Waals surface area (Å²) in [5.41, 5.74) is 2.73. The van der Waals surface area contributed by atoms with E-state index < -0.39 is 0 Å². The average Bonchev–Trinajstić information content (AvgIpc) is 3.21. The number of fused-ring (bicyclic) bond motifs is 1. The Morgan fingerprint density at radius 3 is 2.77 bits per heavy atom. The molecule has 7 heteroatoms. The van der Waals surface area contributed by atoms with Gasteiger partial charge in [0.1, 0.15) is 22.2 Å². The zero-order chi connectivity index (χ0) is 18.7. The largest absolute Gasteiger partial charge is 0.459 e. The van der Waals surface area contributed by atoms with E-state index in [4.69, 9.17) is 4.42 Å². The van der Waals surface area contributed by atoms with Gasteiger partial charge in [0.2, 0.25) is 0 Å². The third-order valence-corrected chi connectivity index (χ3v) is 5.07. The number of furan rings is 1. The Kier molecular flexibility index (Phi) is 5.56. The number of nitrogens with zero attached hydrogens (tertiary/aromatic N) is 2. The van der Waals surface area contributed by atoms with E-state index in [1.54, 1.807) is 24.5 Å². The van der Waals surface area contributed by atoms with Gasteiger partial charge in [0.15, 0.2) is 5.96 Å². The Bertz CT molecular complexity index is 929. The molecule has 0 spiro atoms. The van der Waals surface area contributed by atoms with Crippen molar-refractivity contribution in [3.8, 4) is 0 Å². The molecule has 0 fully saturated rings. The van der Waals surface area contributed by atoms with Crippen LogP contribution in [-0.4, -0.2) is 18.0 Å². The summed E-state index contributed by atoms with van der Waals surface area (Å²) in [5, 5.41) is 10.4. The highest BCUT2D eigenvalue weighted by molar-refractivity contribution is 7.09. The molecule has 2 N–H and O–H groups in total. The summed E-state index contributed by atoms with van der Waals surface area (Å²) in [6.45, 7) is 7.28. The quantitative estimate of drug-likeness (QED) is 0.516. The Hall–Kier alpha value is -2.41. The van der Waals surface area contributed by atoms with Crippen LogP contribution in [0.4, 0.5) is 4.39 Å². The van der Waals surface area contributed by atoms with Crippen LogP contribution < -0.4 is 10.6 Å². The molecule has 0 radical (unpaired) electrons. The van der Waals surface area contributed by atoms with E-state index in [-0.39, 0.29) is 5.82 Å². The number of aliphatic imine (C=N–C) groups is 1. The minimum absolute atomic E-state index is 0.261. The predicted molar refractivity (Wildman–Crippen MR) is 104 cm³/mol. The van der Waals surface area contributed by atoms with Crippen LogP contribution in [0.15, 0.2) is 33.0 Å². The molecule has 5 nitrogen and oxygen atoms in total. The van der Waals surface area contributed by atoms with E-state index in [0.29, 0.717) is 30.5 Å². The number of thiazole rings is 1. The Balaban J connectivity index is 1.61. The first-order valence-corrected chi connectivity index (χ1v) is 9.42. The van der Waals surface area contributed by atoms with Crippen LogP contribution in [-0.2, 0) is 13.1 Å². The van der Waals surface area contributed by atoms with Crippen LogP contribution in [0.3, 0.4) is 0 Å². The van der Waals surface area contributed by atoms with E-state index in [0.717, 1.165) is 27.4 Å². The lowest BCUT2D eigenvalue weighted by molar-refractivity contribution is 0.534. The summed E-state index contributed by atoms with van der Waals surface area (Å²) in [7, 11) is 1.72. The molecule has 2 aromatic heterocycles. The van der Waals surface area contributed by atoms with Crippen molar-refractivity contribution in [3.05, 3.63) is 51.4 Å². The molecule has 0 amide bonds. The Morgan fingerprint density at radius 2 is 2.08 bits per heavy atom. The summed E-state index contributed by atoms with van der Waals surface area (Å²) in [4.78, 5) is 8.83. The summed E-state index contributed by atoms with van der Waals surface area (Å²) in [6, 6.07) is 4.56. The van der Waals surface area contributed by atoms with Crippen LogP contribution in [0.1, 0.15) is 41.8 Å². The number of halogens is 1. The maximum Gasteiger partial charge on any atom is 0.191 e. The second kappa shape index (κ2) is 7.86. The monoisotopic (exact) mass is 374 g/mol. The van der Waals surface area contributed by atoms with Crippen LogP contribution in [0, 0.1) is 12.7 Å². The van der Waals surface area contributed by atoms with E-state index in [1.807, 2.05) is 6.92 Å². The number of rotatable bonds is 5. The van der Waals surface area contributed by atoms with E-state index >= 15 is 0 Å². The number of guanidine groups is 1. The number of aromatic nitrogens is 1. The van der Waals surface area contributed by atoms with Crippen molar-refractivity contribution < 1.29 is 8.81 Å². The van der Waals surface area contributed by atoms with Crippen molar-refractivity contribution in [1.29, 1.82) is 0 Å². The molecular weight excluding hydrogens is 351 g/mol. The van der Waals surface area contributed by atoms with Crippen molar-refractivity contribution in [2.45, 2.75) is 39.8 Å². The molecule has 0 aliphatic heterocycles. The molecule has 0 aliphatic carbocycles. The standard InChI is InChI=1S/C19H23FN4OS/c1-11(2)15-10-26-18(24-15)9-23-19(21-4)22-8-17-12(3)14-7-13(20)5-6-16(14)25-17/h5-7,10-11H,8-9H2,1-4H3,(H2,21,22,23). The van der Waals surface area contributed by atoms with Crippen LogP contribution >= 0.6 is 11.3 Å². The molecule has 0 saturated heterocycles. The first-order chi connectivity index (χ1) is 12.5. The fourth-order valence-corrected chi connectivity index (χ4v) is 3.52. The average molecular weight is 374 g/mol. The number of hydrogen-bond acceptors (Lipinski definition) is 4. The highest BCUT2D eigenvalue weighted by Gasteiger charge is 2.12. The third-order valence-electron chi connectivity index (χ3n) is 4.21. The highest BCUT2D eigenvalue weighted by atomic mass is 32.1. The third kappa shape index (κ3) is 4.04. The SMILES string of the molecule is CN=C(NCc1nc(C(C)C)cs1)NCc1oc2ccc(F)cc2c1C. The molecular formula is C19H23FN4OS. The fourth-order valence-electron chi connectivity index (χ4n) is 2.63. The van der Waals surface area contributed by atoms with Crippen LogP contribution in [0.5, 0.6) is 0 Å². The smallest absolute Gasteiger partial charge is 0.191 e. The number of nitrogens with one attached hydrogen (secondary N) is 2. The van der Waals surface area contributed by atoms with Gasteiger partial charge in [0, 0.05) is 23.4 Å². The lowest BCUT2D eigenvalue weighted by Gasteiger charge is -2.10. The Morgan fingerprint density at radius 1 is 1.31 bits per heavy atom. The van der Waals surface area contributed by atoms with E-state index in [2.05, 4.69) is 39.8 Å². The zero-order valence-electron chi connectivity index (χ0n) is 15.4. The molecule has 26 heavy (non-hydrogen) atoms. The summed E-state index contributed by atoms with van der Waals surface area (Å²) < 4.78 is 19.2. The molecule has 0 saturated carbocycles. The number of benzene rings is 1. The van der Waals surface area contributed by atoms with Gasteiger partial charge >= 0.3 is 0 Å². The van der Waals surface area contributed by atoms with Gasteiger partial charge in [0.25, 0.3) is 0 Å². The van der Waals surface area contributed by atoms with Gasteiger partial charge in [-0.3, -0.25) is 4.99 Å². The van der Waals surface area contributed by atoms with E-state index in [9.17, 15) is 4.39 Å². The summed E-state index contributed by atoms with van der Waals surface area (Å²) in [6.07, 6.45) is 0. The molecule has 0 unspecified atom stereocenters. The molecule has 3 rings (SSSR count). The summed E-state index contributed by atoms with van der Waals surface area (Å²) >= 11 is 1.64. The second-order valence-electron chi connectivity index (χ2n) is 6.39. The second-order valence-corrected chi connectivity index (χ2v) is 7.33. The van der Waals surface area contributed by atoms with Gasteiger partial charge < -0.3 is 15.1 Å². The van der Waals surface area contributed by atoms with E-state index in [1.165, 1.54) is 12.1 Å². The summed E-state index contributed by atoms with van der Waals surface area (Å²) in [5.74, 6) is 1.60. The maximum atomic E-state index is 13.4. The maximum absolute atomic E-state index is 13.4. The first-order valence-electron chi connectivity index (χ1n) is 8.54. The lowest BCUT2D eigenvalue weighted by Crippen LogP contribution is -2.36. The van der Waals surface area contributed by atoms with Crippen molar-refractivity contribution in [2.75, 3.05) is 7.05 Å². The van der Waals surface area contributed by atoms with Crippen molar-refractivity contribution in [1.82, 2.24) is 15.6 Å².